The largest absolute Gasteiger partial charge is 0.249 e. The average molecular weight is 419 g/mol. The van der Waals surface area contributed by atoms with Crippen LogP contribution in [0.15, 0.2) is 35.5 Å². The molecular weight excluding hydrogens is 375 g/mol. The van der Waals surface area contributed by atoms with E-state index in [1.54, 1.807) is 5.57 Å². The first kappa shape index (κ1) is 23.7. The van der Waals surface area contributed by atoms with Gasteiger partial charge in [0.25, 0.3) is 0 Å². The van der Waals surface area contributed by atoms with Gasteiger partial charge in [0, 0.05) is 12.8 Å². The van der Waals surface area contributed by atoms with Crippen LogP contribution in [0.3, 0.4) is 0 Å². The third kappa shape index (κ3) is 5.10. The third-order valence-corrected chi connectivity index (χ3v) is 8.54. The fraction of sp³-hybridized carbons (Fsp3) is 0.778. The number of hydrogen-bond acceptors (Lipinski definition) is 2. The summed E-state index contributed by atoms with van der Waals surface area (Å²) in [7, 11) is 0. The topological polar surface area (TPSA) is 29.5 Å². The molecule has 1 N–H and O–H groups in total. The fourth-order valence-corrected chi connectivity index (χ4v) is 6.72. The predicted octanol–water partition coefficient (Wildman–Crippen LogP) is 8.41. The van der Waals surface area contributed by atoms with Crippen molar-refractivity contribution in [3.05, 3.63) is 35.5 Å². The van der Waals surface area contributed by atoms with Gasteiger partial charge in [0.1, 0.15) is 0 Å². The molecule has 0 bridgehead atoms. The van der Waals surface area contributed by atoms with Crippen molar-refractivity contribution in [2.45, 2.75) is 104 Å². The molecule has 0 aromatic rings. The van der Waals surface area contributed by atoms with Gasteiger partial charge in [-0.15, -0.1) is 0 Å². The fourth-order valence-electron chi connectivity index (χ4n) is 6.72. The lowest BCUT2D eigenvalue weighted by molar-refractivity contribution is -0.368. The molecule has 3 saturated carbocycles. The molecule has 0 aromatic carbocycles. The Hall–Kier alpha value is -0.930. The molecule has 1 unspecified atom stereocenters. The second-order valence-electron chi connectivity index (χ2n) is 11.1. The highest BCUT2D eigenvalue weighted by molar-refractivity contribution is 5.37. The number of halogens is 1. The molecule has 3 aliphatic carbocycles. The predicted molar refractivity (Wildman–Crippen MR) is 123 cm³/mol. The Labute approximate surface area is 183 Å². The van der Waals surface area contributed by atoms with Gasteiger partial charge in [-0.2, -0.15) is 4.89 Å². The zero-order valence-electron chi connectivity index (χ0n) is 19.7. The zero-order chi connectivity index (χ0) is 21.9. The van der Waals surface area contributed by atoms with Gasteiger partial charge in [-0.25, -0.2) is 9.65 Å². The van der Waals surface area contributed by atoms with Crippen molar-refractivity contribution in [3.63, 3.8) is 0 Å². The monoisotopic (exact) mass is 418 g/mol. The van der Waals surface area contributed by atoms with E-state index in [1.165, 1.54) is 44.9 Å². The molecule has 0 saturated heterocycles. The number of hydrogen-bond donors (Lipinski definition) is 1. The molecule has 3 aliphatic rings. The summed E-state index contributed by atoms with van der Waals surface area (Å²) in [5.41, 5.74) is 3.80. The van der Waals surface area contributed by atoms with Crippen molar-refractivity contribution < 1.29 is 14.5 Å². The Kier molecular flexibility index (Phi) is 7.66. The van der Waals surface area contributed by atoms with Crippen LogP contribution in [0.4, 0.5) is 4.39 Å². The molecule has 0 aromatic heterocycles. The number of fused-ring (bicyclic) bond motifs is 1. The van der Waals surface area contributed by atoms with Crippen LogP contribution in [0.25, 0.3) is 0 Å². The van der Waals surface area contributed by atoms with Crippen LogP contribution in [0, 0.1) is 29.1 Å². The van der Waals surface area contributed by atoms with Crippen molar-refractivity contribution in [2.24, 2.45) is 29.1 Å². The molecule has 0 spiro atoms. The minimum atomic E-state index is -1.96. The minimum Gasteiger partial charge on any atom is -0.249 e. The molecule has 0 heterocycles. The first-order valence-corrected chi connectivity index (χ1v) is 12.3. The van der Waals surface area contributed by atoms with Crippen LogP contribution in [0.5, 0.6) is 0 Å². The van der Waals surface area contributed by atoms with Gasteiger partial charge < -0.3 is 0 Å². The summed E-state index contributed by atoms with van der Waals surface area (Å²) in [6.45, 7) is 13.8. The van der Waals surface area contributed by atoms with E-state index in [2.05, 4.69) is 51.3 Å². The van der Waals surface area contributed by atoms with Gasteiger partial charge in [-0.1, -0.05) is 76.8 Å². The summed E-state index contributed by atoms with van der Waals surface area (Å²) < 4.78 is 14.5. The maximum absolute atomic E-state index is 14.5. The number of allylic oxidation sites excluding steroid dienone is 4. The quantitative estimate of drug-likeness (QED) is 0.332. The highest BCUT2D eigenvalue weighted by atomic mass is 19.2. The molecule has 170 valence electrons. The van der Waals surface area contributed by atoms with Gasteiger partial charge in [0.05, 0.1) is 0 Å². The maximum atomic E-state index is 14.5. The molecule has 5 atom stereocenters. The smallest absolute Gasteiger partial charge is 0.245 e. The van der Waals surface area contributed by atoms with Crippen molar-refractivity contribution in [2.75, 3.05) is 0 Å². The Morgan fingerprint density at radius 1 is 1.17 bits per heavy atom. The molecule has 0 aliphatic heterocycles. The van der Waals surface area contributed by atoms with Gasteiger partial charge >= 0.3 is 0 Å². The first-order valence-electron chi connectivity index (χ1n) is 12.3. The molecule has 0 amide bonds. The van der Waals surface area contributed by atoms with E-state index in [0.29, 0.717) is 17.8 Å². The summed E-state index contributed by atoms with van der Waals surface area (Å²) in [6, 6.07) is 0. The highest BCUT2D eigenvalue weighted by Gasteiger charge is 2.50. The van der Waals surface area contributed by atoms with Crippen LogP contribution in [0.1, 0.15) is 98.3 Å². The summed E-state index contributed by atoms with van der Waals surface area (Å²) >= 11 is 0. The van der Waals surface area contributed by atoms with Crippen molar-refractivity contribution in [3.8, 4) is 0 Å². The summed E-state index contributed by atoms with van der Waals surface area (Å²) in [5, 5.41) is 8.95. The van der Waals surface area contributed by atoms with Crippen molar-refractivity contribution >= 4 is 0 Å². The molecule has 3 heteroatoms. The summed E-state index contributed by atoms with van der Waals surface area (Å²) in [4.78, 5) is 4.15. The van der Waals surface area contributed by atoms with Crippen LogP contribution in [0.2, 0.25) is 0 Å². The second-order valence-corrected chi connectivity index (χ2v) is 11.1. The lowest BCUT2D eigenvalue weighted by atomic mass is 9.60. The zero-order valence-corrected chi connectivity index (χ0v) is 19.7. The highest BCUT2D eigenvalue weighted by Crippen LogP contribution is 2.60. The Balaban J connectivity index is 1.72. The third-order valence-electron chi connectivity index (χ3n) is 8.54. The van der Waals surface area contributed by atoms with Crippen LogP contribution in [-0.2, 0) is 4.89 Å². The van der Waals surface area contributed by atoms with Gasteiger partial charge in [-0.05, 0) is 73.2 Å². The first-order chi connectivity index (χ1) is 14.2. The van der Waals surface area contributed by atoms with E-state index in [1.807, 2.05) is 0 Å². The molecule has 3 fully saturated rings. The maximum Gasteiger partial charge on any atom is 0.245 e. The van der Waals surface area contributed by atoms with Crippen molar-refractivity contribution in [1.82, 2.24) is 0 Å². The van der Waals surface area contributed by atoms with E-state index >= 15 is 0 Å². The number of alkyl halides is 1. The van der Waals surface area contributed by atoms with Gasteiger partial charge in [-0.3, -0.25) is 0 Å². The second kappa shape index (κ2) is 9.69. The Morgan fingerprint density at radius 2 is 1.93 bits per heavy atom. The van der Waals surface area contributed by atoms with E-state index < -0.39 is 5.85 Å². The van der Waals surface area contributed by atoms with E-state index in [-0.39, 0.29) is 12.8 Å². The molecule has 0 radical (unpaired) electrons. The lowest BCUT2D eigenvalue weighted by Gasteiger charge is -2.44. The van der Waals surface area contributed by atoms with E-state index in [9.17, 15) is 4.39 Å². The van der Waals surface area contributed by atoms with Crippen LogP contribution in [-0.4, -0.2) is 11.1 Å². The SMILES string of the molecule is C=C1CC[C@](F)(OO)C/C1=C/C=C1CCC[C@@]2(C)C1CC[C@@H]2[C@H](C)CCCC(C)C. The summed E-state index contributed by atoms with van der Waals surface area (Å²) in [6.07, 6.45) is 15.5. The van der Waals surface area contributed by atoms with Gasteiger partial charge in [0.15, 0.2) is 0 Å². The van der Waals surface area contributed by atoms with Crippen LogP contribution >= 0.6 is 0 Å². The minimum absolute atomic E-state index is 0.0869. The summed E-state index contributed by atoms with van der Waals surface area (Å²) in [5.74, 6) is 1.11. The molecule has 3 rings (SSSR count). The number of rotatable bonds is 7. The van der Waals surface area contributed by atoms with Crippen LogP contribution < -0.4 is 0 Å². The Bertz CT molecular complexity index is 678. The molecule has 2 nitrogen and oxygen atoms in total. The van der Waals surface area contributed by atoms with Crippen molar-refractivity contribution in [1.29, 1.82) is 0 Å². The van der Waals surface area contributed by atoms with E-state index in [4.69, 9.17) is 5.26 Å². The Morgan fingerprint density at radius 3 is 2.63 bits per heavy atom. The molecule has 30 heavy (non-hydrogen) atoms. The lowest BCUT2D eigenvalue weighted by Crippen LogP contribution is -2.36. The van der Waals surface area contributed by atoms with Gasteiger partial charge in [0.2, 0.25) is 5.85 Å². The average Bonchev–Trinajstić information content (AvgIpc) is 3.06. The molecular formula is C27H43FO2. The normalized spacial score (nSPS) is 38.4. The standard InChI is InChI=1S/C27H43FO2/c1-19(2)8-6-9-21(4)24-13-14-25-22(10-7-16-26(24,25)5)11-12-23-18-27(28,30-29)17-15-20(23)3/h11-12,19,21,24-25,29H,3,6-10,13-18H2,1-2,4-5H3/b22-11?,23-12-/t21-,24-,25?,26-,27+/m1/s1. The van der Waals surface area contributed by atoms with E-state index in [0.717, 1.165) is 35.3 Å².